The zero-order chi connectivity index (χ0) is 17.4. The fourth-order valence-corrected chi connectivity index (χ4v) is 2.73. The summed E-state index contributed by atoms with van der Waals surface area (Å²) in [4.78, 5) is 17.0. The number of hydrogen-bond acceptors (Lipinski definition) is 7. The second-order valence-corrected chi connectivity index (χ2v) is 5.54. The van der Waals surface area contributed by atoms with Crippen LogP contribution >= 0.6 is 11.6 Å². The lowest BCUT2D eigenvalue weighted by atomic mass is 10.1. The molecular weight excluding hydrogens is 340 g/mol. The van der Waals surface area contributed by atoms with Gasteiger partial charge in [-0.2, -0.15) is 10.4 Å². The van der Waals surface area contributed by atoms with E-state index >= 15 is 0 Å². The lowest BCUT2D eigenvalue weighted by Crippen LogP contribution is -2.04. The smallest absolute Gasteiger partial charge is 0.183 e. The summed E-state index contributed by atoms with van der Waals surface area (Å²) in [5, 5.41) is 17.3. The Morgan fingerprint density at radius 2 is 1.92 bits per heavy atom. The number of nitriles is 1. The van der Waals surface area contributed by atoms with Crippen LogP contribution in [0.1, 0.15) is 5.69 Å². The van der Waals surface area contributed by atoms with Crippen molar-refractivity contribution in [2.75, 3.05) is 5.73 Å². The van der Waals surface area contributed by atoms with Crippen molar-refractivity contribution in [3.63, 3.8) is 0 Å². The van der Waals surface area contributed by atoms with Crippen LogP contribution in [-0.4, -0.2) is 30.1 Å². The van der Waals surface area contributed by atoms with E-state index in [1.165, 1.54) is 0 Å². The van der Waals surface area contributed by atoms with E-state index in [1.807, 2.05) is 12.1 Å². The number of H-pyrrole nitrogens is 1. The number of nitrogens with zero attached hydrogens (tertiary/aromatic N) is 6. The van der Waals surface area contributed by atoms with Crippen molar-refractivity contribution in [2.45, 2.75) is 0 Å². The third-order valence-electron chi connectivity index (χ3n) is 3.58. The van der Waals surface area contributed by atoms with Gasteiger partial charge in [-0.15, -0.1) is 0 Å². The lowest BCUT2D eigenvalue weighted by Gasteiger charge is -2.10. The predicted molar refractivity (Wildman–Crippen MR) is 92.3 cm³/mol. The van der Waals surface area contributed by atoms with Crippen molar-refractivity contribution < 1.29 is 0 Å². The Kier molecular flexibility index (Phi) is 3.48. The van der Waals surface area contributed by atoms with Crippen molar-refractivity contribution in [2.24, 2.45) is 0 Å². The van der Waals surface area contributed by atoms with Crippen LogP contribution in [0.25, 0.3) is 33.7 Å². The summed E-state index contributed by atoms with van der Waals surface area (Å²) < 4.78 is 0. The highest BCUT2D eigenvalue weighted by Crippen LogP contribution is 2.33. The van der Waals surface area contributed by atoms with Crippen molar-refractivity contribution in [1.29, 1.82) is 5.26 Å². The largest absolute Gasteiger partial charge is 0.381 e. The molecule has 0 amide bonds. The molecule has 0 spiro atoms. The van der Waals surface area contributed by atoms with Gasteiger partial charge in [0.15, 0.2) is 17.3 Å². The number of halogens is 1. The maximum atomic E-state index is 9.24. The molecule has 120 valence electrons. The number of rotatable bonds is 2. The Hall–Kier alpha value is -3.57. The van der Waals surface area contributed by atoms with Crippen LogP contribution in [0.5, 0.6) is 0 Å². The van der Waals surface area contributed by atoms with Crippen LogP contribution in [0.2, 0.25) is 5.02 Å². The minimum atomic E-state index is 0.0178. The van der Waals surface area contributed by atoms with Gasteiger partial charge >= 0.3 is 0 Å². The molecule has 0 atom stereocenters. The molecule has 0 unspecified atom stereocenters. The van der Waals surface area contributed by atoms with Gasteiger partial charge in [-0.05, 0) is 18.2 Å². The molecule has 0 radical (unpaired) electrons. The number of nitrogens with one attached hydrogen (secondary N) is 1. The number of nitrogens with two attached hydrogens (primary N) is 1. The fourth-order valence-electron chi connectivity index (χ4n) is 2.46. The molecule has 4 aromatic rings. The first kappa shape index (κ1) is 15.0. The molecular formula is C16H9ClN8. The molecule has 0 aliphatic heterocycles. The van der Waals surface area contributed by atoms with Gasteiger partial charge in [-0.1, -0.05) is 11.6 Å². The van der Waals surface area contributed by atoms with E-state index in [4.69, 9.17) is 17.3 Å². The highest BCUT2D eigenvalue weighted by Gasteiger charge is 2.18. The number of aromatic nitrogens is 6. The molecule has 0 aliphatic rings. The van der Waals surface area contributed by atoms with E-state index in [0.717, 1.165) is 5.39 Å². The number of nitrogen functional groups attached to an aromatic ring is 1. The van der Waals surface area contributed by atoms with Crippen LogP contribution in [0.4, 0.5) is 5.82 Å². The first-order valence-corrected chi connectivity index (χ1v) is 7.53. The van der Waals surface area contributed by atoms with Gasteiger partial charge in [0, 0.05) is 23.3 Å². The highest BCUT2D eigenvalue weighted by atomic mass is 35.5. The van der Waals surface area contributed by atoms with Gasteiger partial charge in [-0.3, -0.25) is 5.10 Å². The number of fused-ring (bicyclic) bond motifs is 1. The summed E-state index contributed by atoms with van der Waals surface area (Å²) in [5.41, 5.74) is 8.02. The third kappa shape index (κ3) is 2.52. The summed E-state index contributed by atoms with van der Waals surface area (Å²) in [5.74, 6) is 0.369. The molecule has 3 heterocycles. The molecule has 25 heavy (non-hydrogen) atoms. The minimum absolute atomic E-state index is 0.0178. The molecule has 8 nitrogen and oxygen atoms in total. The quantitative estimate of drug-likeness (QED) is 0.569. The number of anilines is 1. The van der Waals surface area contributed by atoms with Gasteiger partial charge in [0.2, 0.25) is 0 Å². The number of hydrogen-bond donors (Lipinski definition) is 2. The fraction of sp³-hybridized carbons (Fsp3) is 0. The lowest BCUT2D eigenvalue weighted by molar-refractivity contribution is 1.11. The molecule has 0 aliphatic carbocycles. The second-order valence-electron chi connectivity index (χ2n) is 5.13. The zero-order valence-electron chi connectivity index (χ0n) is 12.6. The van der Waals surface area contributed by atoms with Gasteiger partial charge in [0.1, 0.15) is 17.5 Å². The monoisotopic (exact) mass is 348 g/mol. The molecule has 0 saturated heterocycles. The maximum Gasteiger partial charge on any atom is 0.183 e. The van der Waals surface area contributed by atoms with E-state index in [0.29, 0.717) is 33.3 Å². The predicted octanol–water partition coefficient (Wildman–Crippen LogP) is 2.58. The maximum absolute atomic E-state index is 9.24. The van der Waals surface area contributed by atoms with Crippen LogP contribution in [-0.2, 0) is 0 Å². The summed E-state index contributed by atoms with van der Waals surface area (Å²) in [7, 11) is 0. The normalized spacial score (nSPS) is 10.7. The second kappa shape index (κ2) is 5.81. The van der Waals surface area contributed by atoms with Crippen LogP contribution in [0, 0.1) is 11.3 Å². The SMILES string of the molecule is N#Cc1nc(-c2cc(Cl)c3[nH]ncc3c2)c(-c2ncccn2)nc1N. The van der Waals surface area contributed by atoms with Gasteiger partial charge in [0.25, 0.3) is 0 Å². The zero-order valence-corrected chi connectivity index (χ0v) is 13.4. The first-order valence-electron chi connectivity index (χ1n) is 7.15. The molecule has 0 bridgehead atoms. The van der Waals surface area contributed by atoms with Crippen molar-refractivity contribution in [3.8, 4) is 28.8 Å². The molecule has 3 N–H and O–H groups in total. The highest BCUT2D eigenvalue weighted by molar-refractivity contribution is 6.35. The van der Waals surface area contributed by atoms with E-state index in [2.05, 4.69) is 30.1 Å². The number of benzene rings is 1. The molecule has 0 saturated carbocycles. The Morgan fingerprint density at radius 1 is 1.12 bits per heavy atom. The average Bonchev–Trinajstić information content (AvgIpc) is 3.11. The Morgan fingerprint density at radius 3 is 2.68 bits per heavy atom. The Bertz CT molecular complexity index is 1130. The first-order chi connectivity index (χ1) is 12.2. The van der Waals surface area contributed by atoms with E-state index in [-0.39, 0.29) is 11.5 Å². The van der Waals surface area contributed by atoms with Gasteiger partial charge in [0.05, 0.1) is 16.7 Å². The standard InChI is InChI=1S/C16H9ClN8/c17-10-5-8(4-9-7-22-25-12(9)10)13-14(16-20-2-1-3-21-16)24-15(19)11(6-18)23-13/h1-5,7H,(H2,19,24)(H,22,25). The molecule has 3 aromatic heterocycles. The summed E-state index contributed by atoms with van der Waals surface area (Å²) in [6.45, 7) is 0. The topological polar surface area (TPSA) is 130 Å². The van der Waals surface area contributed by atoms with Crippen LogP contribution in [0.15, 0.2) is 36.8 Å². The molecule has 4 rings (SSSR count). The van der Waals surface area contributed by atoms with E-state index in [1.54, 1.807) is 30.7 Å². The minimum Gasteiger partial charge on any atom is -0.381 e. The van der Waals surface area contributed by atoms with Crippen LogP contribution in [0.3, 0.4) is 0 Å². The number of aromatic amines is 1. The van der Waals surface area contributed by atoms with Crippen LogP contribution < -0.4 is 5.73 Å². The summed E-state index contributed by atoms with van der Waals surface area (Å²) in [6, 6.07) is 7.20. The van der Waals surface area contributed by atoms with Crippen molar-refractivity contribution in [1.82, 2.24) is 30.1 Å². The van der Waals surface area contributed by atoms with Gasteiger partial charge < -0.3 is 5.73 Å². The van der Waals surface area contributed by atoms with Crippen molar-refractivity contribution in [3.05, 3.63) is 47.5 Å². The molecule has 0 fully saturated rings. The summed E-state index contributed by atoms with van der Waals surface area (Å²) >= 11 is 6.32. The third-order valence-corrected chi connectivity index (χ3v) is 3.88. The average molecular weight is 349 g/mol. The Labute approximate surface area is 146 Å². The Balaban J connectivity index is 2.03. The van der Waals surface area contributed by atoms with E-state index in [9.17, 15) is 5.26 Å². The molecule has 9 heteroatoms. The van der Waals surface area contributed by atoms with Gasteiger partial charge in [-0.25, -0.2) is 19.9 Å². The van der Waals surface area contributed by atoms with E-state index < -0.39 is 0 Å². The molecule has 1 aromatic carbocycles. The van der Waals surface area contributed by atoms with Crippen molar-refractivity contribution >= 4 is 28.3 Å². The summed E-state index contributed by atoms with van der Waals surface area (Å²) in [6.07, 6.45) is 4.84.